The number of aromatic nitrogens is 1. The molecule has 6 nitrogen and oxygen atoms in total. The van der Waals surface area contributed by atoms with E-state index < -0.39 is 18.7 Å². The molecule has 1 atom stereocenters. The van der Waals surface area contributed by atoms with Gasteiger partial charge >= 0.3 is 5.97 Å². The quantitative estimate of drug-likeness (QED) is 0.540. The number of carbonyl (C=O) groups is 1. The number of aliphatic hydroxyl groups is 2. The molecule has 1 heterocycles. The van der Waals surface area contributed by atoms with Crippen molar-refractivity contribution in [3.05, 3.63) is 65.3 Å². The highest BCUT2D eigenvalue weighted by Gasteiger charge is 2.15. The van der Waals surface area contributed by atoms with Gasteiger partial charge in [-0.1, -0.05) is 23.7 Å². The molecule has 0 saturated heterocycles. The topological polar surface area (TPSA) is 91.7 Å². The lowest BCUT2D eigenvalue weighted by Gasteiger charge is -2.14. The summed E-state index contributed by atoms with van der Waals surface area (Å²) in [6, 6.07) is 14.1. The Hall–Kier alpha value is -2.38. The first-order valence-corrected chi connectivity index (χ1v) is 8.32. The molecule has 1 aromatic heterocycles. The number of nitrogens with one attached hydrogen (secondary N) is 1. The maximum Gasteiger partial charge on any atom is 0.340 e. The van der Waals surface area contributed by atoms with Gasteiger partial charge in [0, 0.05) is 22.3 Å². The molecular weight excluding hydrogens is 391 g/mol. The van der Waals surface area contributed by atoms with Crippen LogP contribution < -0.4 is 5.32 Å². The highest BCUT2D eigenvalue weighted by molar-refractivity contribution is 6.31. The number of hydrogen-bond donors (Lipinski definition) is 3. The molecule has 3 N–H and O–H groups in total. The SMILES string of the molecule is Cl.O=C(OC[C@@H](O)CO)c1ccccc1Nc1ccnc2cc(Cl)ccc12. The molecule has 3 rings (SSSR count). The number of halogens is 2. The smallest absolute Gasteiger partial charge is 0.340 e. The zero-order valence-electron chi connectivity index (χ0n) is 14.1. The maximum absolute atomic E-state index is 12.3. The maximum atomic E-state index is 12.3. The Morgan fingerprint density at radius 3 is 2.74 bits per heavy atom. The van der Waals surface area contributed by atoms with Crippen LogP contribution in [0, 0.1) is 0 Å². The van der Waals surface area contributed by atoms with E-state index in [-0.39, 0.29) is 19.0 Å². The number of pyridine rings is 1. The number of hydrogen-bond acceptors (Lipinski definition) is 6. The average molecular weight is 409 g/mol. The molecule has 27 heavy (non-hydrogen) atoms. The van der Waals surface area contributed by atoms with Gasteiger partial charge < -0.3 is 20.3 Å². The third-order valence-electron chi connectivity index (χ3n) is 3.74. The molecule has 2 aromatic carbocycles. The van der Waals surface area contributed by atoms with E-state index in [1.807, 2.05) is 6.07 Å². The molecule has 0 bridgehead atoms. The van der Waals surface area contributed by atoms with Crippen LogP contribution in [0.4, 0.5) is 11.4 Å². The molecule has 142 valence electrons. The lowest BCUT2D eigenvalue weighted by Crippen LogP contribution is -2.22. The van der Waals surface area contributed by atoms with Crippen LogP contribution in [0.2, 0.25) is 5.02 Å². The van der Waals surface area contributed by atoms with Crippen molar-refractivity contribution in [3.8, 4) is 0 Å². The van der Waals surface area contributed by atoms with Crippen LogP contribution in [0.25, 0.3) is 10.9 Å². The van der Waals surface area contributed by atoms with Crippen LogP contribution in [0.3, 0.4) is 0 Å². The minimum Gasteiger partial charge on any atom is -0.459 e. The minimum absolute atomic E-state index is 0. The summed E-state index contributed by atoms with van der Waals surface area (Å²) in [6.07, 6.45) is 0.549. The lowest BCUT2D eigenvalue weighted by molar-refractivity contribution is 0.00941. The second-order valence-corrected chi connectivity index (χ2v) is 6.06. The van der Waals surface area contributed by atoms with Crippen LogP contribution in [0.15, 0.2) is 54.7 Å². The standard InChI is InChI=1S/C19H17ClN2O4.ClH/c20-12-5-6-14-17(7-8-21-18(14)9-12)22-16-4-2-1-3-15(16)19(25)26-11-13(24)10-23;/h1-9,13,23-24H,10-11H2,(H,21,22);1H/t13-;/m0./s1. The van der Waals surface area contributed by atoms with Gasteiger partial charge in [-0.3, -0.25) is 4.98 Å². The van der Waals surface area contributed by atoms with Crippen LogP contribution in [-0.2, 0) is 4.74 Å². The van der Waals surface area contributed by atoms with Gasteiger partial charge in [-0.2, -0.15) is 0 Å². The first kappa shape index (κ1) is 20.9. The number of esters is 1. The molecule has 0 aliphatic rings. The largest absolute Gasteiger partial charge is 0.459 e. The van der Waals surface area contributed by atoms with Crippen molar-refractivity contribution < 1.29 is 19.7 Å². The van der Waals surface area contributed by atoms with Crippen LogP contribution in [-0.4, -0.2) is 40.5 Å². The number of aliphatic hydroxyl groups excluding tert-OH is 2. The third kappa shape index (κ3) is 5.08. The molecule has 0 amide bonds. The molecule has 0 saturated carbocycles. The first-order valence-electron chi connectivity index (χ1n) is 7.95. The summed E-state index contributed by atoms with van der Waals surface area (Å²) < 4.78 is 5.04. The van der Waals surface area contributed by atoms with Crippen molar-refractivity contribution in [3.63, 3.8) is 0 Å². The predicted molar refractivity (Wildman–Crippen MR) is 107 cm³/mol. The van der Waals surface area contributed by atoms with Crippen molar-refractivity contribution in [1.29, 1.82) is 0 Å². The lowest BCUT2D eigenvalue weighted by atomic mass is 10.1. The van der Waals surface area contributed by atoms with Crippen molar-refractivity contribution in [2.45, 2.75) is 6.10 Å². The molecule has 3 aromatic rings. The molecule has 0 aliphatic heterocycles. The van der Waals surface area contributed by atoms with Crippen LogP contribution in [0.1, 0.15) is 10.4 Å². The van der Waals surface area contributed by atoms with Gasteiger partial charge in [0.2, 0.25) is 0 Å². The fourth-order valence-electron chi connectivity index (χ4n) is 2.45. The Morgan fingerprint density at radius 1 is 1.19 bits per heavy atom. The normalized spacial score (nSPS) is 11.5. The van der Waals surface area contributed by atoms with Gasteiger partial charge in [0.1, 0.15) is 12.7 Å². The third-order valence-corrected chi connectivity index (χ3v) is 3.97. The van der Waals surface area contributed by atoms with E-state index in [0.717, 1.165) is 16.6 Å². The Morgan fingerprint density at radius 2 is 1.96 bits per heavy atom. The molecular formula is C19H18Cl2N2O4. The van der Waals surface area contributed by atoms with Gasteiger partial charge in [-0.05, 0) is 36.4 Å². The molecule has 8 heteroatoms. The number of fused-ring (bicyclic) bond motifs is 1. The van der Waals surface area contributed by atoms with Crippen molar-refractivity contribution in [2.75, 3.05) is 18.5 Å². The zero-order chi connectivity index (χ0) is 18.5. The van der Waals surface area contributed by atoms with Crippen molar-refractivity contribution in [2.24, 2.45) is 0 Å². The van der Waals surface area contributed by atoms with E-state index in [2.05, 4.69) is 10.3 Å². The Kier molecular flexibility index (Phi) is 7.38. The van der Waals surface area contributed by atoms with Crippen molar-refractivity contribution in [1.82, 2.24) is 4.98 Å². The number of carbonyl (C=O) groups excluding carboxylic acids is 1. The number of para-hydroxylation sites is 1. The van der Waals surface area contributed by atoms with Gasteiger partial charge in [0.15, 0.2) is 0 Å². The Bertz CT molecular complexity index is 936. The summed E-state index contributed by atoms with van der Waals surface area (Å²) in [4.78, 5) is 16.6. The van der Waals surface area contributed by atoms with Gasteiger partial charge in [-0.15, -0.1) is 12.4 Å². The fraction of sp³-hybridized carbons (Fsp3) is 0.158. The van der Waals surface area contributed by atoms with Gasteiger partial charge in [-0.25, -0.2) is 4.79 Å². The zero-order valence-corrected chi connectivity index (χ0v) is 15.7. The predicted octanol–water partition coefficient (Wildman–Crippen LogP) is 3.56. The van der Waals surface area contributed by atoms with E-state index >= 15 is 0 Å². The van der Waals surface area contributed by atoms with E-state index in [9.17, 15) is 9.90 Å². The number of benzene rings is 2. The van der Waals surface area contributed by atoms with Gasteiger partial charge in [0.05, 0.1) is 23.4 Å². The second kappa shape index (κ2) is 9.53. The summed E-state index contributed by atoms with van der Waals surface area (Å²) in [5.74, 6) is -0.595. The number of rotatable bonds is 6. The molecule has 0 fully saturated rings. The molecule has 0 aliphatic carbocycles. The highest BCUT2D eigenvalue weighted by atomic mass is 35.5. The summed E-state index contributed by atoms with van der Waals surface area (Å²) >= 11 is 6.01. The monoisotopic (exact) mass is 408 g/mol. The summed E-state index contributed by atoms with van der Waals surface area (Å²) in [7, 11) is 0. The average Bonchev–Trinajstić information content (AvgIpc) is 2.66. The second-order valence-electron chi connectivity index (χ2n) is 5.63. The summed E-state index contributed by atoms with van der Waals surface area (Å²) in [5.41, 5.74) is 2.37. The van der Waals surface area contributed by atoms with Crippen molar-refractivity contribution >= 4 is 52.3 Å². The highest BCUT2D eigenvalue weighted by Crippen LogP contribution is 2.28. The number of anilines is 2. The van der Waals surface area contributed by atoms with Crippen LogP contribution >= 0.6 is 24.0 Å². The molecule has 0 unspecified atom stereocenters. The summed E-state index contributed by atoms with van der Waals surface area (Å²) in [5, 5.41) is 22.8. The van der Waals surface area contributed by atoms with Crippen LogP contribution in [0.5, 0.6) is 0 Å². The fourth-order valence-corrected chi connectivity index (χ4v) is 2.61. The van der Waals surface area contributed by atoms with Gasteiger partial charge in [0.25, 0.3) is 0 Å². The first-order chi connectivity index (χ1) is 12.6. The Balaban J connectivity index is 0.00000261. The molecule has 0 radical (unpaired) electrons. The number of ether oxygens (including phenoxy) is 1. The molecule has 0 spiro atoms. The van der Waals surface area contributed by atoms with E-state index in [1.165, 1.54) is 0 Å². The van der Waals surface area contributed by atoms with E-state index in [0.29, 0.717) is 16.3 Å². The Labute approximate surface area is 167 Å². The number of nitrogens with zero attached hydrogens (tertiary/aromatic N) is 1. The summed E-state index contributed by atoms with van der Waals surface area (Å²) in [6.45, 7) is -0.751. The van der Waals surface area contributed by atoms with E-state index in [4.69, 9.17) is 21.4 Å². The van der Waals surface area contributed by atoms with E-state index in [1.54, 1.807) is 48.7 Å². The minimum atomic E-state index is -1.10.